The zero-order valence-electron chi connectivity index (χ0n) is 16.9. The molecule has 1 amide bonds. The van der Waals surface area contributed by atoms with E-state index in [-0.39, 0.29) is 5.91 Å². The Balaban J connectivity index is 1.51. The summed E-state index contributed by atoms with van der Waals surface area (Å²) < 4.78 is 27.5. The number of carbonyl (C=O) groups excluding carboxylic acids is 1. The molecule has 0 spiro atoms. The average Bonchev–Trinajstić information content (AvgIpc) is 3.30. The Labute approximate surface area is 191 Å². The Morgan fingerprint density at radius 2 is 1.71 bits per heavy atom. The van der Waals surface area contributed by atoms with Gasteiger partial charge < -0.3 is 10.2 Å². The van der Waals surface area contributed by atoms with Crippen molar-refractivity contribution in [2.45, 2.75) is 11.8 Å². The zero-order chi connectivity index (χ0) is 22.0. The maximum Gasteiger partial charge on any atom is 0.265 e. The topological polar surface area (TPSA) is 69.7 Å². The lowest BCUT2D eigenvalue weighted by atomic mass is 10.2. The predicted molar refractivity (Wildman–Crippen MR) is 126 cm³/mol. The van der Waals surface area contributed by atoms with Crippen molar-refractivity contribution in [1.82, 2.24) is 4.31 Å². The number of anilines is 2. The molecule has 0 bridgehead atoms. The highest BCUT2D eigenvalue weighted by Crippen LogP contribution is 2.35. The maximum absolute atomic E-state index is 13.0. The van der Waals surface area contributed by atoms with Crippen molar-refractivity contribution in [2.75, 3.05) is 36.4 Å². The molecule has 1 aliphatic heterocycles. The van der Waals surface area contributed by atoms with E-state index in [9.17, 15) is 13.2 Å². The molecule has 2 aromatic carbocycles. The van der Waals surface area contributed by atoms with E-state index in [1.54, 1.807) is 42.5 Å². The number of nitrogens with one attached hydrogen (secondary N) is 1. The fourth-order valence-electron chi connectivity index (χ4n) is 3.54. The molecule has 1 saturated heterocycles. The number of amides is 1. The average molecular weight is 476 g/mol. The van der Waals surface area contributed by atoms with Crippen LogP contribution in [0.15, 0.2) is 64.9 Å². The van der Waals surface area contributed by atoms with Crippen LogP contribution in [0, 0.1) is 6.92 Å². The van der Waals surface area contributed by atoms with Crippen LogP contribution in [0.25, 0.3) is 0 Å². The molecule has 1 aromatic heterocycles. The molecule has 0 atom stereocenters. The maximum atomic E-state index is 13.0. The minimum absolute atomic E-state index is 0.195. The number of rotatable bonds is 5. The number of piperazine rings is 1. The zero-order valence-corrected chi connectivity index (χ0v) is 19.3. The number of thiophene rings is 1. The molecule has 1 N–H and O–H groups in total. The van der Waals surface area contributed by atoms with Gasteiger partial charge in [0.1, 0.15) is 0 Å². The SMILES string of the molecule is Cc1ccc(S(=O)(=O)N2CCN(c3c(Cl)cccc3NC(=O)c3cccs3)CC2)cc1. The molecular formula is C22H22ClN3O3S2. The molecule has 0 saturated carbocycles. The molecular weight excluding hydrogens is 454 g/mol. The van der Waals surface area contributed by atoms with E-state index in [1.807, 2.05) is 29.3 Å². The van der Waals surface area contributed by atoms with Crippen molar-refractivity contribution in [3.8, 4) is 0 Å². The first-order chi connectivity index (χ1) is 14.9. The van der Waals surface area contributed by atoms with Gasteiger partial charge in [-0.3, -0.25) is 4.79 Å². The lowest BCUT2D eigenvalue weighted by Gasteiger charge is -2.36. The van der Waals surface area contributed by atoms with Crippen LogP contribution in [0.3, 0.4) is 0 Å². The molecule has 0 unspecified atom stereocenters. The quantitative estimate of drug-likeness (QED) is 0.591. The van der Waals surface area contributed by atoms with Gasteiger partial charge in [0.25, 0.3) is 5.91 Å². The molecule has 1 fully saturated rings. The largest absolute Gasteiger partial charge is 0.366 e. The second-order valence-electron chi connectivity index (χ2n) is 7.27. The third kappa shape index (κ3) is 4.62. The fourth-order valence-corrected chi connectivity index (χ4v) is 5.88. The Morgan fingerprint density at radius 3 is 2.35 bits per heavy atom. The Hall–Kier alpha value is -2.39. The van der Waals surface area contributed by atoms with Gasteiger partial charge in [0.05, 0.1) is 26.2 Å². The number of para-hydroxylation sites is 1. The minimum atomic E-state index is -3.55. The molecule has 4 rings (SSSR count). The number of aryl methyl sites for hydroxylation is 1. The Kier molecular flexibility index (Phi) is 6.34. The number of carbonyl (C=O) groups is 1. The minimum Gasteiger partial charge on any atom is -0.366 e. The highest BCUT2D eigenvalue weighted by molar-refractivity contribution is 7.89. The Bertz CT molecular complexity index is 1170. The van der Waals surface area contributed by atoms with Gasteiger partial charge in [0, 0.05) is 26.2 Å². The lowest BCUT2D eigenvalue weighted by Crippen LogP contribution is -2.49. The Morgan fingerprint density at radius 1 is 1.00 bits per heavy atom. The van der Waals surface area contributed by atoms with E-state index >= 15 is 0 Å². The molecule has 3 aromatic rings. The summed E-state index contributed by atoms with van der Waals surface area (Å²) in [4.78, 5) is 15.5. The third-order valence-corrected chi connectivity index (χ3v) is 8.28. The van der Waals surface area contributed by atoms with Gasteiger partial charge in [-0.15, -0.1) is 11.3 Å². The van der Waals surface area contributed by atoms with Crippen LogP contribution in [0.1, 0.15) is 15.2 Å². The first-order valence-electron chi connectivity index (χ1n) is 9.81. The molecule has 0 radical (unpaired) electrons. The first kappa shape index (κ1) is 21.8. The number of hydrogen-bond acceptors (Lipinski definition) is 5. The summed E-state index contributed by atoms with van der Waals surface area (Å²) >= 11 is 7.85. The van der Waals surface area contributed by atoms with Crippen LogP contribution in [-0.2, 0) is 10.0 Å². The van der Waals surface area contributed by atoms with Gasteiger partial charge >= 0.3 is 0 Å². The first-order valence-corrected chi connectivity index (χ1v) is 12.5. The van der Waals surface area contributed by atoms with Gasteiger partial charge in [-0.1, -0.05) is 41.4 Å². The standard InChI is InChI=1S/C22H22ClN3O3S2/c1-16-7-9-17(10-8-16)31(28,29)26-13-11-25(12-14-26)21-18(23)4-2-5-19(21)24-22(27)20-6-3-15-30-20/h2-10,15H,11-14H2,1H3,(H,24,27). The van der Waals surface area contributed by atoms with Crippen molar-refractivity contribution in [1.29, 1.82) is 0 Å². The van der Waals surface area contributed by atoms with E-state index in [4.69, 9.17) is 11.6 Å². The molecule has 2 heterocycles. The summed E-state index contributed by atoms with van der Waals surface area (Å²) in [6, 6.07) is 15.8. The molecule has 1 aliphatic rings. The summed E-state index contributed by atoms with van der Waals surface area (Å²) in [5.41, 5.74) is 2.34. The van der Waals surface area contributed by atoms with E-state index in [1.165, 1.54) is 15.6 Å². The van der Waals surface area contributed by atoms with E-state index in [2.05, 4.69) is 5.32 Å². The molecule has 0 aliphatic carbocycles. The van der Waals surface area contributed by atoms with Crippen molar-refractivity contribution >= 4 is 50.2 Å². The van der Waals surface area contributed by atoms with Crippen LogP contribution in [-0.4, -0.2) is 44.8 Å². The number of halogens is 1. The highest BCUT2D eigenvalue weighted by atomic mass is 35.5. The van der Waals surface area contributed by atoms with E-state index < -0.39 is 10.0 Å². The predicted octanol–water partition coefficient (Wildman–Crippen LogP) is 4.47. The van der Waals surface area contributed by atoms with Crippen molar-refractivity contribution in [3.63, 3.8) is 0 Å². The lowest BCUT2D eigenvalue weighted by molar-refractivity contribution is 0.103. The third-order valence-electron chi connectivity index (χ3n) is 5.19. The smallest absolute Gasteiger partial charge is 0.265 e. The highest BCUT2D eigenvalue weighted by Gasteiger charge is 2.30. The van der Waals surface area contributed by atoms with E-state index in [0.29, 0.717) is 52.3 Å². The van der Waals surface area contributed by atoms with Crippen molar-refractivity contribution < 1.29 is 13.2 Å². The monoisotopic (exact) mass is 475 g/mol. The fraction of sp³-hybridized carbons (Fsp3) is 0.227. The second-order valence-corrected chi connectivity index (χ2v) is 10.6. The van der Waals surface area contributed by atoms with Gasteiger partial charge in [0.15, 0.2) is 0 Å². The summed E-state index contributed by atoms with van der Waals surface area (Å²) in [7, 11) is -3.55. The van der Waals surface area contributed by atoms with Crippen LogP contribution in [0.2, 0.25) is 5.02 Å². The van der Waals surface area contributed by atoms with Crippen LogP contribution >= 0.6 is 22.9 Å². The van der Waals surface area contributed by atoms with Crippen LogP contribution < -0.4 is 10.2 Å². The van der Waals surface area contributed by atoms with Crippen molar-refractivity contribution in [3.05, 3.63) is 75.4 Å². The summed E-state index contributed by atoms with van der Waals surface area (Å²) in [5.74, 6) is -0.195. The summed E-state index contributed by atoms with van der Waals surface area (Å²) in [6.07, 6.45) is 0. The van der Waals surface area contributed by atoms with Gasteiger partial charge in [-0.05, 0) is 42.6 Å². The summed E-state index contributed by atoms with van der Waals surface area (Å²) in [5, 5.41) is 5.30. The normalized spacial score (nSPS) is 15.1. The number of sulfonamides is 1. The van der Waals surface area contributed by atoms with Gasteiger partial charge in [-0.25, -0.2) is 8.42 Å². The van der Waals surface area contributed by atoms with Crippen LogP contribution in [0.4, 0.5) is 11.4 Å². The molecule has 9 heteroatoms. The number of hydrogen-bond donors (Lipinski definition) is 1. The van der Waals surface area contributed by atoms with Crippen molar-refractivity contribution in [2.24, 2.45) is 0 Å². The number of benzene rings is 2. The second kappa shape index (κ2) is 9.00. The van der Waals surface area contributed by atoms with Crippen LogP contribution in [0.5, 0.6) is 0 Å². The summed E-state index contributed by atoms with van der Waals surface area (Å²) in [6.45, 7) is 3.53. The molecule has 31 heavy (non-hydrogen) atoms. The number of nitrogens with zero attached hydrogens (tertiary/aromatic N) is 2. The molecule has 6 nitrogen and oxygen atoms in total. The van der Waals surface area contributed by atoms with Gasteiger partial charge in [-0.2, -0.15) is 4.31 Å². The van der Waals surface area contributed by atoms with Gasteiger partial charge in [0.2, 0.25) is 10.0 Å². The van der Waals surface area contributed by atoms with E-state index in [0.717, 1.165) is 5.56 Å². The molecule has 162 valence electrons.